The van der Waals surface area contributed by atoms with Crippen LogP contribution in [-0.4, -0.2) is 19.2 Å². The quantitative estimate of drug-likeness (QED) is 0.676. The first kappa shape index (κ1) is 14.7. The van der Waals surface area contributed by atoms with Gasteiger partial charge in [0.25, 0.3) is 0 Å². The smallest absolute Gasteiger partial charge is 0.340 e. The molecule has 2 rings (SSSR count). The molecular formula is C16H23NO3. The van der Waals surface area contributed by atoms with Crippen LogP contribution in [0.15, 0.2) is 18.2 Å². The van der Waals surface area contributed by atoms with Crippen LogP contribution in [0.3, 0.4) is 0 Å². The number of esters is 1. The highest BCUT2D eigenvalue weighted by molar-refractivity contribution is 5.95. The van der Waals surface area contributed by atoms with Gasteiger partial charge in [0.15, 0.2) is 0 Å². The number of nitrogen functional groups attached to an aromatic ring is 1. The number of rotatable bonds is 4. The Balaban J connectivity index is 2.14. The minimum atomic E-state index is -0.427. The Morgan fingerprint density at radius 1 is 1.35 bits per heavy atom. The maximum absolute atomic E-state index is 11.6. The van der Waals surface area contributed by atoms with Gasteiger partial charge < -0.3 is 15.2 Å². The van der Waals surface area contributed by atoms with Crippen LogP contribution in [0.5, 0.6) is 5.75 Å². The highest BCUT2D eigenvalue weighted by atomic mass is 16.5. The lowest BCUT2D eigenvalue weighted by Crippen LogP contribution is -2.30. The largest absolute Gasteiger partial charge is 0.490 e. The number of hydrogen-bond acceptors (Lipinski definition) is 4. The summed E-state index contributed by atoms with van der Waals surface area (Å²) in [4.78, 5) is 11.6. The van der Waals surface area contributed by atoms with E-state index in [4.69, 9.17) is 15.2 Å². The molecule has 1 aromatic carbocycles. The Morgan fingerprint density at radius 3 is 2.80 bits per heavy atom. The molecule has 0 amide bonds. The number of anilines is 1. The van der Waals surface area contributed by atoms with Crippen molar-refractivity contribution in [3.63, 3.8) is 0 Å². The van der Waals surface area contributed by atoms with Gasteiger partial charge in [0, 0.05) is 5.69 Å². The van der Waals surface area contributed by atoms with Crippen LogP contribution in [0.25, 0.3) is 0 Å². The number of benzene rings is 1. The van der Waals surface area contributed by atoms with Crippen molar-refractivity contribution in [3.05, 3.63) is 23.8 Å². The van der Waals surface area contributed by atoms with Gasteiger partial charge in [-0.2, -0.15) is 0 Å². The molecular weight excluding hydrogens is 254 g/mol. The minimum Gasteiger partial charge on any atom is -0.490 e. The molecule has 1 saturated carbocycles. The molecule has 0 aromatic heterocycles. The van der Waals surface area contributed by atoms with E-state index in [1.54, 1.807) is 12.1 Å². The summed E-state index contributed by atoms with van der Waals surface area (Å²) in [6.07, 6.45) is 6.16. The topological polar surface area (TPSA) is 61.5 Å². The Hall–Kier alpha value is -1.71. The SMILES string of the molecule is CCC1CCCCC1Oc1ccc(N)c(C(=O)OC)c1. The number of methoxy groups -OCH3 is 1. The van der Waals surface area contributed by atoms with Crippen molar-refractivity contribution in [1.29, 1.82) is 0 Å². The van der Waals surface area contributed by atoms with E-state index in [1.165, 1.54) is 26.4 Å². The van der Waals surface area contributed by atoms with Crippen LogP contribution >= 0.6 is 0 Å². The number of hydrogen-bond donors (Lipinski definition) is 1. The molecule has 4 nitrogen and oxygen atoms in total. The lowest BCUT2D eigenvalue weighted by Gasteiger charge is -2.31. The van der Waals surface area contributed by atoms with Gasteiger partial charge in [-0.3, -0.25) is 0 Å². The molecule has 4 heteroatoms. The molecule has 1 aromatic rings. The van der Waals surface area contributed by atoms with E-state index in [2.05, 4.69) is 6.92 Å². The highest BCUT2D eigenvalue weighted by Crippen LogP contribution is 2.31. The molecule has 1 aliphatic rings. The first-order valence-electron chi connectivity index (χ1n) is 7.30. The van der Waals surface area contributed by atoms with Gasteiger partial charge in [-0.25, -0.2) is 4.79 Å². The Labute approximate surface area is 120 Å². The predicted molar refractivity (Wildman–Crippen MR) is 78.9 cm³/mol. The van der Waals surface area contributed by atoms with Crippen molar-refractivity contribution < 1.29 is 14.3 Å². The zero-order valence-electron chi connectivity index (χ0n) is 12.2. The lowest BCUT2D eigenvalue weighted by atomic mass is 9.85. The summed E-state index contributed by atoms with van der Waals surface area (Å²) in [5.74, 6) is 0.872. The third-order valence-corrected chi connectivity index (χ3v) is 4.08. The Kier molecular flexibility index (Phi) is 4.88. The molecule has 0 saturated heterocycles. The van der Waals surface area contributed by atoms with Gasteiger partial charge in [0.2, 0.25) is 0 Å². The van der Waals surface area contributed by atoms with Gasteiger partial charge in [0.05, 0.1) is 12.7 Å². The molecule has 2 atom stereocenters. The fraction of sp³-hybridized carbons (Fsp3) is 0.562. The molecule has 20 heavy (non-hydrogen) atoms. The molecule has 2 unspecified atom stereocenters. The second kappa shape index (κ2) is 6.64. The second-order valence-electron chi connectivity index (χ2n) is 5.35. The number of carbonyl (C=O) groups excluding carboxylic acids is 1. The van der Waals surface area contributed by atoms with Crippen LogP contribution in [0.1, 0.15) is 49.4 Å². The average Bonchev–Trinajstić information content (AvgIpc) is 2.49. The van der Waals surface area contributed by atoms with Crippen LogP contribution < -0.4 is 10.5 Å². The summed E-state index contributed by atoms with van der Waals surface area (Å²) in [5, 5.41) is 0. The van der Waals surface area contributed by atoms with Crippen molar-refractivity contribution in [2.45, 2.75) is 45.1 Å². The number of ether oxygens (including phenoxy) is 2. The first-order valence-corrected chi connectivity index (χ1v) is 7.30. The fourth-order valence-electron chi connectivity index (χ4n) is 2.87. The average molecular weight is 277 g/mol. The molecule has 1 aliphatic carbocycles. The van der Waals surface area contributed by atoms with Crippen molar-refractivity contribution >= 4 is 11.7 Å². The van der Waals surface area contributed by atoms with Gasteiger partial charge in [-0.15, -0.1) is 0 Å². The molecule has 1 fully saturated rings. The predicted octanol–water partition coefficient (Wildman–Crippen LogP) is 3.40. The third kappa shape index (κ3) is 3.24. The Morgan fingerprint density at radius 2 is 2.10 bits per heavy atom. The fourth-order valence-corrected chi connectivity index (χ4v) is 2.87. The summed E-state index contributed by atoms with van der Waals surface area (Å²) in [5.41, 5.74) is 6.58. The molecule has 0 heterocycles. The van der Waals surface area contributed by atoms with Crippen LogP contribution in [-0.2, 0) is 4.74 Å². The van der Waals surface area contributed by atoms with Gasteiger partial charge >= 0.3 is 5.97 Å². The van der Waals surface area contributed by atoms with Crippen LogP contribution in [0, 0.1) is 5.92 Å². The van der Waals surface area contributed by atoms with Crippen molar-refractivity contribution in [2.24, 2.45) is 5.92 Å². The van der Waals surface area contributed by atoms with Crippen molar-refractivity contribution in [1.82, 2.24) is 0 Å². The summed E-state index contributed by atoms with van der Waals surface area (Å²) in [6.45, 7) is 2.20. The standard InChI is InChI=1S/C16H23NO3/c1-3-11-6-4-5-7-15(11)20-12-8-9-14(17)13(10-12)16(18)19-2/h8-11,15H,3-7,17H2,1-2H3. The monoisotopic (exact) mass is 277 g/mol. The van der Waals surface area contributed by atoms with E-state index in [0.29, 0.717) is 22.9 Å². The zero-order chi connectivity index (χ0) is 14.5. The van der Waals surface area contributed by atoms with Crippen LogP contribution in [0.2, 0.25) is 0 Å². The summed E-state index contributed by atoms with van der Waals surface area (Å²) < 4.78 is 10.8. The second-order valence-corrected chi connectivity index (χ2v) is 5.35. The third-order valence-electron chi connectivity index (χ3n) is 4.08. The van der Waals surface area contributed by atoms with E-state index in [-0.39, 0.29) is 6.10 Å². The van der Waals surface area contributed by atoms with E-state index in [0.717, 1.165) is 12.8 Å². The molecule has 0 aliphatic heterocycles. The molecule has 0 radical (unpaired) electrons. The van der Waals surface area contributed by atoms with E-state index in [1.807, 2.05) is 6.07 Å². The van der Waals surface area contributed by atoms with Crippen LogP contribution in [0.4, 0.5) is 5.69 Å². The summed E-state index contributed by atoms with van der Waals surface area (Å²) >= 11 is 0. The normalized spacial score (nSPS) is 22.3. The zero-order valence-corrected chi connectivity index (χ0v) is 12.2. The molecule has 0 spiro atoms. The van der Waals surface area contributed by atoms with Crippen molar-refractivity contribution in [3.8, 4) is 5.75 Å². The maximum atomic E-state index is 11.6. The summed E-state index contributed by atoms with van der Waals surface area (Å²) in [6, 6.07) is 5.21. The van der Waals surface area contributed by atoms with Gasteiger partial charge in [-0.1, -0.05) is 13.3 Å². The summed E-state index contributed by atoms with van der Waals surface area (Å²) in [7, 11) is 1.35. The maximum Gasteiger partial charge on any atom is 0.340 e. The van der Waals surface area contributed by atoms with Gasteiger partial charge in [-0.05, 0) is 49.8 Å². The first-order chi connectivity index (χ1) is 9.65. The number of nitrogens with two attached hydrogens (primary N) is 1. The molecule has 2 N–H and O–H groups in total. The number of carbonyl (C=O) groups is 1. The Bertz CT molecular complexity index is 473. The lowest BCUT2D eigenvalue weighted by molar-refractivity contribution is 0.0599. The molecule has 0 bridgehead atoms. The van der Waals surface area contributed by atoms with E-state index < -0.39 is 5.97 Å². The minimum absolute atomic E-state index is 0.239. The van der Waals surface area contributed by atoms with Crippen molar-refractivity contribution in [2.75, 3.05) is 12.8 Å². The highest BCUT2D eigenvalue weighted by Gasteiger charge is 2.25. The van der Waals surface area contributed by atoms with Gasteiger partial charge in [0.1, 0.15) is 11.9 Å². The van der Waals surface area contributed by atoms with E-state index in [9.17, 15) is 4.79 Å². The van der Waals surface area contributed by atoms with E-state index >= 15 is 0 Å². The molecule has 110 valence electrons.